The first-order chi connectivity index (χ1) is 17.8. The van der Waals surface area contributed by atoms with Gasteiger partial charge in [-0.2, -0.15) is 13.2 Å². The summed E-state index contributed by atoms with van der Waals surface area (Å²) >= 11 is 0. The minimum Gasteiger partial charge on any atom is -0.491 e. The predicted octanol–water partition coefficient (Wildman–Crippen LogP) is 8.27. The topological polar surface area (TPSA) is 27.7 Å². The molecule has 1 aliphatic rings. The smallest absolute Gasteiger partial charge is 0.281 e. The van der Waals surface area contributed by atoms with Crippen molar-refractivity contribution < 1.29 is 49.3 Å². The van der Waals surface area contributed by atoms with Gasteiger partial charge in [-0.05, 0) is 75.1 Å². The summed E-state index contributed by atoms with van der Waals surface area (Å²) in [6.45, 7) is 0.705. The van der Waals surface area contributed by atoms with Crippen molar-refractivity contribution in [2.45, 2.75) is 64.2 Å². The van der Waals surface area contributed by atoms with E-state index < -0.39 is 84.5 Å². The molecule has 0 atom stereocenters. The predicted molar refractivity (Wildman–Crippen MR) is 124 cm³/mol. The number of alkyl halides is 4. The summed E-state index contributed by atoms with van der Waals surface area (Å²) in [7, 11) is 0. The van der Waals surface area contributed by atoms with E-state index in [0.717, 1.165) is 18.2 Å². The zero-order valence-electron chi connectivity index (χ0n) is 21.1. The third-order valence-electron chi connectivity index (χ3n) is 6.57. The lowest BCUT2D eigenvalue weighted by Gasteiger charge is -2.32. The third-order valence-corrected chi connectivity index (χ3v) is 6.57. The third kappa shape index (κ3) is 7.89. The van der Waals surface area contributed by atoms with Crippen LogP contribution in [0.25, 0.3) is 0 Å². The van der Waals surface area contributed by atoms with E-state index in [2.05, 4.69) is 0 Å². The second kappa shape index (κ2) is 12.4. The molecule has 0 radical (unpaired) electrons. The molecule has 0 saturated heterocycles. The molecule has 0 amide bonds. The molecule has 3 rings (SSSR count). The van der Waals surface area contributed by atoms with Crippen LogP contribution < -0.4 is 14.2 Å². The van der Waals surface area contributed by atoms with Gasteiger partial charge in [-0.15, -0.1) is 0 Å². The molecule has 3 nitrogen and oxygen atoms in total. The number of benzene rings is 2. The van der Waals surface area contributed by atoms with Gasteiger partial charge in [0, 0.05) is 12.8 Å². The van der Waals surface area contributed by atoms with Gasteiger partial charge in [-0.3, -0.25) is 0 Å². The van der Waals surface area contributed by atoms with Gasteiger partial charge in [0.1, 0.15) is 0 Å². The molecule has 0 bridgehead atoms. The summed E-state index contributed by atoms with van der Waals surface area (Å²) in [6, 6.07) is 4.41. The summed E-state index contributed by atoms with van der Waals surface area (Å²) in [6.07, 6.45) is -0.0364. The van der Waals surface area contributed by atoms with E-state index in [4.69, 9.17) is 14.2 Å². The van der Waals surface area contributed by atoms with Crippen molar-refractivity contribution in [1.29, 1.82) is 0 Å². The van der Waals surface area contributed by atoms with E-state index in [1.165, 1.54) is 13.0 Å². The van der Waals surface area contributed by atoms with Crippen LogP contribution in [0.2, 0.25) is 0 Å². The number of ether oxygens (including phenoxy) is 3. The number of halogens is 8. The van der Waals surface area contributed by atoms with Crippen molar-refractivity contribution in [3.8, 4) is 17.2 Å². The Labute approximate surface area is 216 Å². The van der Waals surface area contributed by atoms with Gasteiger partial charge in [0.25, 0.3) is 11.8 Å². The lowest BCUT2D eigenvalue weighted by molar-refractivity contribution is -0.0759. The average molecular weight is 555 g/mol. The van der Waals surface area contributed by atoms with Gasteiger partial charge < -0.3 is 14.2 Å². The maximum atomic E-state index is 14.5. The summed E-state index contributed by atoms with van der Waals surface area (Å²) in [4.78, 5) is 0. The minimum atomic E-state index is -3.34. The van der Waals surface area contributed by atoms with Crippen LogP contribution >= 0.6 is 0 Å². The normalized spacial score (nSPS) is 18.4. The van der Waals surface area contributed by atoms with Crippen molar-refractivity contribution in [3.63, 3.8) is 0 Å². The molecular weight excluding hydrogens is 524 g/mol. The van der Waals surface area contributed by atoms with Crippen molar-refractivity contribution in [3.05, 3.63) is 53.1 Å². The Morgan fingerprint density at radius 1 is 0.632 bits per heavy atom. The van der Waals surface area contributed by atoms with Gasteiger partial charge in [-0.25, -0.2) is 22.0 Å². The Balaban J connectivity index is 1.45. The molecule has 0 heterocycles. The SMILES string of the molecule is CCOc1ccc(OCC(F)(F)CC2CCC(CC(F)(F)COc3ccc(C)c(F)c3F)CC2)c(F)c1F. The maximum absolute atomic E-state index is 14.5. The molecule has 1 saturated carbocycles. The van der Waals surface area contributed by atoms with Crippen LogP contribution in [0, 0.1) is 42.0 Å². The monoisotopic (exact) mass is 554 g/mol. The zero-order chi connectivity index (χ0) is 28.1. The Morgan fingerprint density at radius 2 is 1.00 bits per heavy atom. The van der Waals surface area contributed by atoms with E-state index in [1.807, 2.05) is 0 Å². The largest absolute Gasteiger partial charge is 0.491 e. The molecule has 0 aliphatic heterocycles. The Kier molecular flexibility index (Phi) is 9.75. The number of hydrogen-bond donors (Lipinski definition) is 0. The molecule has 2 aromatic carbocycles. The maximum Gasteiger partial charge on any atom is 0.281 e. The highest BCUT2D eigenvalue weighted by molar-refractivity contribution is 5.35. The van der Waals surface area contributed by atoms with Crippen LogP contribution in [0.3, 0.4) is 0 Å². The zero-order valence-corrected chi connectivity index (χ0v) is 21.1. The molecule has 0 aromatic heterocycles. The van der Waals surface area contributed by atoms with Crippen molar-refractivity contribution in [1.82, 2.24) is 0 Å². The Bertz CT molecular complexity index is 1080. The standard InChI is InChI=1S/C27H30F8O3/c1-3-36-19-10-11-21(25(31)24(19)30)38-15-27(34,35)13-18-7-5-17(6-8-18)12-26(32,33)14-37-20-9-4-16(2)22(28)23(20)29/h4,9-11,17-18H,3,5-8,12-15H2,1-2H3. The van der Waals surface area contributed by atoms with Crippen molar-refractivity contribution in [2.24, 2.45) is 11.8 Å². The van der Waals surface area contributed by atoms with Crippen LogP contribution in [0.4, 0.5) is 35.1 Å². The summed E-state index contributed by atoms with van der Waals surface area (Å²) in [5, 5.41) is 0. The summed E-state index contributed by atoms with van der Waals surface area (Å²) in [5.41, 5.74) is 0.0211. The van der Waals surface area contributed by atoms with Crippen LogP contribution in [0.5, 0.6) is 17.2 Å². The second-order valence-electron chi connectivity index (χ2n) is 9.72. The molecule has 11 heteroatoms. The fraction of sp³-hybridized carbons (Fsp3) is 0.556. The average Bonchev–Trinajstić information content (AvgIpc) is 2.85. The quantitative estimate of drug-likeness (QED) is 0.247. The van der Waals surface area contributed by atoms with Crippen LogP contribution in [0.15, 0.2) is 24.3 Å². The highest BCUT2D eigenvalue weighted by Crippen LogP contribution is 2.40. The van der Waals surface area contributed by atoms with Gasteiger partial charge in [0.2, 0.25) is 17.5 Å². The lowest BCUT2D eigenvalue weighted by Crippen LogP contribution is -2.33. The molecule has 2 aromatic rings. The Morgan fingerprint density at radius 3 is 1.42 bits per heavy atom. The number of rotatable bonds is 12. The van der Waals surface area contributed by atoms with Crippen LogP contribution in [0.1, 0.15) is 51.0 Å². The number of aryl methyl sites for hydroxylation is 1. The minimum absolute atomic E-state index is 0.0211. The fourth-order valence-electron chi connectivity index (χ4n) is 4.60. The van der Waals surface area contributed by atoms with Gasteiger partial charge in [0.15, 0.2) is 36.3 Å². The summed E-state index contributed by atoms with van der Waals surface area (Å²) < 4.78 is 128. The molecule has 1 fully saturated rings. The van der Waals surface area contributed by atoms with Crippen molar-refractivity contribution >= 4 is 0 Å². The van der Waals surface area contributed by atoms with Gasteiger partial charge in [0.05, 0.1) is 6.61 Å². The first-order valence-corrected chi connectivity index (χ1v) is 12.4. The lowest BCUT2D eigenvalue weighted by atomic mass is 9.77. The molecule has 0 unspecified atom stereocenters. The number of hydrogen-bond acceptors (Lipinski definition) is 3. The van der Waals surface area contributed by atoms with E-state index in [9.17, 15) is 35.1 Å². The molecule has 38 heavy (non-hydrogen) atoms. The first-order valence-electron chi connectivity index (χ1n) is 12.4. The molecular formula is C27H30F8O3. The highest BCUT2D eigenvalue weighted by Gasteiger charge is 2.39. The second-order valence-corrected chi connectivity index (χ2v) is 9.72. The summed E-state index contributed by atoms with van der Waals surface area (Å²) in [5.74, 6) is -14.4. The van der Waals surface area contributed by atoms with Gasteiger partial charge >= 0.3 is 0 Å². The molecule has 0 spiro atoms. The van der Waals surface area contributed by atoms with Crippen LogP contribution in [-0.4, -0.2) is 31.7 Å². The highest BCUT2D eigenvalue weighted by atomic mass is 19.3. The first kappa shape index (κ1) is 29.8. The van der Waals surface area contributed by atoms with E-state index in [-0.39, 0.29) is 43.6 Å². The van der Waals surface area contributed by atoms with Crippen LogP contribution in [-0.2, 0) is 0 Å². The molecule has 212 valence electrons. The molecule has 1 aliphatic carbocycles. The Hall–Kier alpha value is -2.72. The van der Waals surface area contributed by atoms with E-state index in [1.54, 1.807) is 6.92 Å². The van der Waals surface area contributed by atoms with E-state index in [0.29, 0.717) is 0 Å². The van der Waals surface area contributed by atoms with E-state index >= 15 is 0 Å². The van der Waals surface area contributed by atoms with Crippen molar-refractivity contribution in [2.75, 3.05) is 19.8 Å². The molecule has 0 N–H and O–H groups in total. The fourth-order valence-corrected chi connectivity index (χ4v) is 4.60. The van der Waals surface area contributed by atoms with Gasteiger partial charge in [-0.1, -0.05) is 6.07 Å².